The molecule has 0 radical (unpaired) electrons. The van der Waals surface area contributed by atoms with Gasteiger partial charge in [-0.15, -0.1) is 0 Å². The lowest BCUT2D eigenvalue weighted by Crippen LogP contribution is -2.14. The first-order valence-corrected chi connectivity index (χ1v) is 16.9. The lowest BCUT2D eigenvalue weighted by atomic mass is 10.1. The quantitative estimate of drug-likeness (QED) is 0.0720. The molecule has 5 aromatic rings. The third-order valence-corrected chi connectivity index (χ3v) is 8.33. The lowest BCUT2D eigenvalue weighted by molar-refractivity contribution is -0.111. The molecule has 0 saturated heterocycles. The molecule has 4 aromatic carbocycles. The zero-order valence-corrected chi connectivity index (χ0v) is 31.9. The van der Waals surface area contributed by atoms with Crippen LogP contribution in [0.1, 0.15) is 12.0 Å². The Balaban J connectivity index is 1.31. The standard InChI is InChI=1S/C41H43NO13/c1-45-27-22-32(49-5)37-33(23-27)55-39(25-19-34(50-6)40(52-8)35(20-25)51-7)41(38(37)44)54-17-9-16-53-29-13-10-24(18-30(29)47-3)11-15-36(43)42-26-12-14-28(46-2)31(21-26)48-4/h10-15,18-23H,9,16-17H2,1-8H3,(H,42,43)/b15-11+. The van der Waals surface area contributed by atoms with Crippen LogP contribution in [0.2, 0.25) is 0 Å². The third kappa shape index (κ3) is 8.92. The Kier molecular flexibility index (Phi) is 13.2. The monoisotopic (exact) mass is 757 g/mol. The molecule has 0 aliphatic rings. The lowest BCUT2D eigenvalue weighted by Gasteiger charge is -2.17. The van der Waals surface area contributed by atoms with Crippen LogP contribution in [0.15, 0.2) is 76.0 Å². The summed E-state index contributed by atoms with van der Waals surface area (Å²) in [4.78, 5) is 26.7. The van der Waals surface area contributed by atoms with Gasteiger partial charge in [0, 0.05) is 41.9 Å². The van der Waals surface area contributed by atoms with Gasteiger partial charge in [-0.05, 0) is 48.0 Å². The summed E-state index contributed by atoms with van der Waals surface area (Å²) in [5.74, 6) is 3.53. The Bertz CT molecular complexity index is 2200. The predicted molar refractivity (Wildman–Crippen MR) is 206 cm³/mol. The number of ether oxygens (including phenoxy) is 10. The van der Waals surface area contributed by atoms with Crippen molar-refractivity contribution in [3.63, 3.8) is 0 Å². The van der Waals surface area contributed by atoms with Gasteiger partial charge in [0.1, 0.15) is 22.5 Å². The van der Waals surface area contributed by atoms with E-state index in [1.165, 1.54) is 55.8 Å². The van der Waals surface area contributed by atoms with Crippen LogP contribution in [0.4, 0.5) is 5.69 Å². The van der Waals surface area contributed by atoms with Crippen LogP contribution in [-0.2, 0) is 4.79 Å². The highest BCUT2D eigenvalue weighted by Gasteiger charge is 2.24. The van der Waals surface area contributed by atoms with E-state index in [-0.39, 0.29) is 47.3 Å². The highest BCUT2D eigenvalue weighted by Crippen LogP contribution is 2.44. The molecule has 0 aliphatic carbocycles. The number of amides is 1. The first-order valence-electron chi connectivity index (χ1n) is 16.9. The molecule has 14 nitrogen and oxygen atoms in total. The summed E-state index contributed by atoms with van der Waals surface area (Å²) in [6.07, 6.45) is 3.44. The minimum absolute atomic E-state index is 0.0471. The molecule has 0 saturated carbocycles. The molecule has 0 spiro atoms. The molecule has 5 rings (SSSR count). The van der Waals surface area contributed by atoms with Crippen LogP contribution in [0.5, 0.6) is 57.5 Å². The van der Waals surface area contributed by atoms with E-state index >= 15 is 0 Å². The van der Waals surface area contributed by atoms with E-state index in [1.807, 2.05) is 0 Å². The second-order valence-electron chi connectivity index (χ2n) is 11.6. The van der Waals surface area contributed by atoms with Crippen LogP contribution in [-0.4, -0.2) is 76.0 Å². The largest absolute Gasteiger partial charge is 0.496 e. The second-order valence-corrected chi connectivity index (χ2v) is 11.6. The number of benzene rings is 4. The topological polar surface area (TPSA) is 152 Å². The number of rotatable bonds is 18. The van der Waals surface area contributed by atoms with Crippen molar-refractivity contribution in [1.29, 1.82) is 0 Å². The molecule has 1 N–H and O–H groups in total. The number of nitrogens with one attached hydrogen (secondary N) is 1. The Morgan fingerprint density at radius 2 is 1.25 bits per heavy atom. The van der Waals surface area contributed by atoms with E-state index in [2.05, 4.69) is 5.32 Å². The molecule has 0 bridgehead atoms. The molecular formula is C41H43NO13. The van der Waals surface area contributed by atoms with Crippen molar-refractivity contribution in [1.82, 2.24) is 0 Å². The van der Waals surface area contributed by atoms with Crippen molar-refractivity contribution in [2.45, 2.75) is 6.42 Å². The number of hydrogen-bond donors (Lipinski definition) is 1. The Morgan fingerprint density at radius 3 is 1.89 bits per heavy atom. The van der Waals surface area contributed by atoms with E-state index in [0.717, 1.165) is 0 Å². The number of carbonyl (C=O) groups is 1. The summed E-state index contributed by atoms with van der Waals surface area (Å²) in [6.45, 7) is 0.308. The average Bonchev–Trinajstić information content (AvgIpc) is 3.22. The maximum Gasteiger partial charge on any atom is 0.248 e. The van der Waals surface area contributed by atoms with Crippen molar-refractivity contribution >= 4 is 28.6 Å². The van der Waals surface area contributed by atoms with Crippen LogP contribution < -0.4 is 58.1 Å². The summed E-state index contributed by atoms with van der Waals surface area (Å²) in [6, 6.07) is 16.9. The van der Waals surface area contributed by atoms with Gasteiger partial charge in [0.15, 0.2) is 40.3 Å². The summed E-state index contributed by atoms with van der Waals surface area (Å²) >= 11 is 0. The zero-order chi connectivity index (χ0) is 39.5. The molecule has 1 aromatic heterocycles. The van der Waals surface area contributed by atoms with E-state index < -0.39 is 5.43 Å². The number of hydrogen-bond acceptors (Lipinski definition) is 13. The molecule has 1 amide bonds. The zero-order valence-electron chi connectivity index (χ0n) is 31.9. The van der Waals surface area contributed by atoms with Crippen molar-refractivity contribution in [3.8, 4) is 68.8 Å². The highest BCUT2D eigenvalue weighted by atomic mass is 16.5. The Hall–Kier alpha value is -6.70. The minimum Gasteiger partial charge on any atom is -0.496 e. The first kappa shape index (κ1) is 39.5. The predicted octanol–water partition coefficient (Wildman–Crippen LogP) is 7.03. The molecular weight excluding hydrogens is 714 g/mol. The fourth-order valence-corrected chi connectivity index (χ4v) is 5.65. The van der Waals surface area contributed by atoms with Crippen LogP contribution in [0.3, 0.4) is 0 Å². The van der Waals surface area contributed by atoms with E-state index in [1.54, 1.807) is 73.8 Å². The van der Waals surface area contributed by atoms with E-state index in [4.69, 9.17) is 51.8 Å². The molecule has 290 valence electrons. The summed E-state index contributed by atoms with van der Waals surface area (Å²) in [7, 11) is 12.0. The molecule has 14 heteroatoms. The molecule has 0 atom stereocenters. The van der Waals surface area contributed by atoms with Gasteiger partial charge in [-0.1, -0.05) is 6.07 Å². The average molecular weight is 758 g/mol. The third-order valence-electron chi connectivity index (χ3n) is 8.33. The van der Waals surface area contributed by atoms with Gasteiger partial charge in [0.2, 0.25) is 22.8 Å². The summed E-state index contributed by atoms with van der Waals surface area (Å²) in [5, 5.41) is 2.98. The number of methoxy groups -OCH3 is 8. The summed E-state index contributed by atoms with van der Waals surface area (Å²) in [5.41, 5.74) is 1.49. The Labute approximate surface area is 318 Å². The van der Waals surface area contributed by atoms with Gasteiger partial charge in [-0.3, -0.25) is 9.59 Å². The van der Waals surface area contributed by atoms with Crippen LogP contribution in [0, 0.1) is 0 Å². The van der Waals surface area contributed by atoms with Gasteiger partial charge in [0.25, 0.3) is 0 Å². The number of fused-ring (bicyclic) bond motifs is 1. The molecule has 0 fully saturated rings. The number of carbonyl (C=O) groups excluding carboxylic acids is 1. The fraction of sp³-hybridized carbons (Fsp3) is 0.268. The maximum atomic E-state index is 14.1. The molecule has 0 unspecified atom stereocenters. The van der Waals surface area contributed by atoms with Gasteiger partial charge < -0.3 is 57.1 Å². The van der Waals surface area contributed by atoms with Crippen molar-refractivity contribution in [3.05, 3.63) is 82.5 Å². The van der Waals surface area contributed by atoms with Crippen molar-refractivity contribution < 1.29 is 56.6 Å². The smallest absolute Gasteiger partial charge is 0.248 e. The van der Waals surface area contributed by atoms with E-state index in [0.29, 0.717) is 69.2 Å². The highest BCUT2D eigenvalue weighted by molar-refractivity contribution is 6.02. The van der Waals surface area contributed by atoms with Crippen molar-refractivity contribution in [2.75, 3.05) is 75.4 Å². The van der Waals surface area contributed by atoms with Gasteiger partial charge in [-0.2, -0.15) is 0 Å². The maximum absolute atomic E-state index is 14.1. The minimum atomic E-state index is -0.451. The summed E-state index contributed by atoms with van der Waals surface area (Å²) < 4.78 is 62.1. The van der Waals surface area contributed by atoms with E-state index in [9.17, 15) is 9.59 Å². The second kappa shape index (κ2) is 18.4. The SMILES string of the molecule is COc1cc(OC)c2c(=O)c(OCCCOc3ccc(/C=C/C(=O)Nc4ccc(OC)c(OC)c4)cc3OC)c(-c3cc(OC)c(OC)c(OC)c3)oc2c1. The van der Waals surface area contributed by atoms with Gasteiger partial charge >= 0.3 is 0 Å². The Morgan fingerprint density at radius 1 is 0.618 bits per heavy atom. The molecule has 55 heavy (non-hydrogen) atoms. The van der Waals surface area contributed by atoms with Crippen molar-refractivity contribution in [2.24, 2.45) is 0 Å². The van der Waals surface area contributed by atoms with Gasteiger partial charge in [0.05, 0.1) is 70.1 Å². The number of anilines is 1. The van der Waals surface area contributed by atoms with Crippen LogP contribution in [0.25, 0.3) is 28.4 Å². The fourth-order valence-electron chi connectivity index (χ4n) is 5.65. The normalized spacial score (nSPS) is 10.8. The van der Waals surface area contributed by atoms with Gasteiger partial charge in [-0.25, -0.2) is 0 Å². The van der Waals surface area contributed by atoms with Crippen LogP contribution >= 0.6 is 0 Å². The molecule has 0 aliphatic heterocycles. The first-order chi connectivity index (χ1) is 26.7. The molecule has 1 heterocycles.